The number of halogens is 1. The van der Waals surface area contributed by atoms with E-state index in [1.165, 1.54) is 25.1 Å². The molecule has 0 atom stereocenters. The molecular weight excluding hydrogens is 275 g/mol. The number of hydrogen-bond acceptors (Lipinski definition) is 0. The first-order valence-corrected chi connectivity index (χ1v) is 4.83. The number of aromatic nitrogens is 2. The molecule has 76 valence electrons. The largest absolute Gasteiger partial charge is 1.00 e. The Balaban J connectivity index is 0.00000144. The van der Waals surface area contributed by atoms with E-state index < -0.39 is 0 Å². The summed E-state index contributed by atoms with van der Waals surface area (Å²) in [6.45, 7) is 5.59. The van der Waals surface area contributed by atoms with Gasteiger partial charge in [-0.25, -0.2) is 9.13 Å². The Kier molecular flexibility index (Phi) is 6.37. The second-order valence-corrected chi connectivity index (χ2v) is 3.27. The first kappa shape index (κ1) is 12.9. The van der Waals surface area contributed by atoms with Gasteiger partial charge in [0.25, 0.3) is 5.82 Å². The molecule has 0 aliphatic heterocycles. The second-order valence-electron chi connectivity index (χ2n) is 3.27. The smallest absolute Gasteiger partial charge is 0.256 e. The number of nitrogens with zero attached hydrogens (tertiary/aromatic N) is 2. The monoisotopic (exact) mass is 294 g/mol. The van der Waals surface area contributed by atoms with Gasteiger partial charge in [-0.15, -0.1) is 0 Å². The summed E-state index contributed by atoms with van der Waals surface area (Å²) in [6.07, 6.45) is 7.94. The molecule has 0 aromatic carbocycles. The zero-order valence-electron chi connectivity index (χ0n) is 8.76. The molecule has 2 nitrogen and oxygen atoms in total. The van der Waals surface area contributed by atoms with Gasteiger partial charge in [-0.2, -0.15) is 0 Å². The second kappa shape index (κ2) is 6.40. The molecule has 1 rings (SSSR count). The number of hydrogen-bond donors (Lipinski definition) is 0. The third kappa shape index (κ3) is 3.29. The Bertz CT molecular complexity index is 243. The van der Waals surface area contributed by atoms with Crippen LogP contribution in [0.25, 0.3) is 0 Å². The molecule has 1 heterocycles. The minimum Gasteiger partial charge on any atom is -1.00 e. The van der Waals surface area contributed by atoms with Crippen molar-refractivity contribution in [1.82, 2.24) is 4.57 Å². The van der Waals surface area contributed by atoms with Crippen LogP contribution in [0.5, 0.6) is 0 Å². The molecule has 0 radical (unpaired) electrons. The Hall–Kier alpha value is -0.0600. The van der Waals surface area contributed by atoms with Gasteiger partial charge in [0.05, 0.1) is 13.6 Å². The van der Waals surface area contributed by atoms with Gasteiger partial charge >= 0.3 is 0 Å². The normalized spacial score (nSPS) is 9.77. The maximum Gasteiger partial charge on any atom is 0.256 e. The molecule has 0 aliphatic rings. The lowest BCUT2D eigenvalue weighted by molar-refractivity contribution is -0.678. The highest BCUT2D eigenvalue weighted by atomic mass is 127. The first-order valence-electron chi connectivity index (χ1n) is 4.83. The van der Waals surface area contributed by atoms with E-state index >= 15 is 0 Å². The minimum atomic E-state index is 0. The van der Waals surface area contributed by atoms with E-state index in [4.69, 9.17) is 0 Å². The summed E-state index contributed by atoms with van der Waals surface area (Å²) in [5.41, 5.74) is 0. The summed E-state index contributed by atoms with van der Waals surface area (Å²) < 4.78 is 4.57. The zero-order valence-corrected chi connectivity index (χ0v) is 10.9. The quantitative estimate of drug-likeness (QED) is 0.481. The van der Waals surface area contributed by atoms with E-state index in [0.29, 0.717) is 0 Å². The summed E-state index contributed by atoms with van der Waals surface area (Å²) >= 11 is 0. The highest BCUT2D eigenvalue weighted by Gasteiger charge is 2.11. The van der Waals surface area contributed by atoms with E-state index in [-0.39, 0.29) is 24.0 Å². The van der Waals surface area contributed by atoms with Crippen LogP contribution in [0.4, 0.5) is 0 Å². The van der Waals surface area contributed by atoms with Crippen molar-refractivity contribution in [3.8, 4) is 0 Å². The molecule has 0 spiro atoms. The van der Waals surface area contributed by atoms with Crippen LogP contribution in [0.2, 0.25) is 0 Å². The molecule has 0 bridgehead atoms. The summed E-state index contributed by atoms with van der Waals surface area (Å²) in [7, 11) is 2.12. The summed E-state index contributed by atoms with van der Waals surface area (Å²) in [6, 6.07) is 0. The average Bonchev–Trinajstić information content (AvgIpc) is 2.37. The van der Waals surface area contributed by atoms with Gasteiger partial charge in [-0.3, -0.25) is 0 Å². The first-order chi connectivity index (χ1) is 5.79. The molecule has 1 aromatic rings. The fourth-order valence-electron chi connectivity index (χ4n) is 1.54. The zero-order chi connectivity index (χ0) is 8.97. The van der Waals surface area contributed by atoms with Crippen LogP contribution < -0.4 is 28.5 Å². The topological polar surface area (TPSA) is 8.81 Å². The van der Waals surface area contributed by atoms with E-state index in [1.807, 2.05) is 0 Å². The predicted molar refractivity (Wildman–Crippen MR) is 49.9 cm³/mol. The highest BCUT2D eigenvalue weighted by Crippen LogP contribution is 1.99. The molecule has 13 heavy (non-hydrogen) atoms. The molecule has 3 heteroatoms. The van der Waals surface area contributed by atoms with Gasteiger partial charge in [0.2, 0.25) is 0 Å². The lowest BCUT2D eigenvalue weighted by Gasteiger charge is -1.98. The molecule has 0 saturated heterocycles. The lowest BCUT2D eigenvalue weighted by atomic mass is 10.3. The summed E-state index contributed by atoms with van der Waals surface area (Å²) in [5.74, 6) is 1.44. The molecule has 0 unspecified atom stereocenters. The van der Waals surface area contributed by atoms with Gasteiger partial charge in [0, 0.05) is 6.42 Å². The van der Waals surface area contributed by atoms with Crippen LogP contribution in [0.3, 0.4) is 0 Å². The molecule has 0 saturated carbocycles. The maximum absolute atomic E-state index is 2.35. The number of rotatable bonds is 4. The van der Waals surface area contributed by atoms with Crippen molar-refractivity contribution in [2.75, 3.05) is 0 Å². The van der Waals surface area contributed by atoms with Crippen molar-refractivity contribution in [2.45, 2.75) is 39.7 Å². The fourth-order valence-corrected chi connectivity index (χ4v) is 1.54. The van der Waals surface area contributed by atoms with Gasteiger partial charge in [-0.1, -0.05) is 13.8 Å². The van der Waals surface area contributed by atoms with Crippen molar-refractivity contribution < 1.29 is 28.5 Å². The van der Waals surface area contributed by atoms with Gasteiger partial charge in [0.1, 0.15) is 12.4 Å². The predicted octanol–water partition coefficient (Wildman–Crippen LogP) is -1.32. The average molecular weight is 294 g/mol. The van der Waals surface area contributed by atoms with Crippen LogP contribution >= 0.6 is 0 Å². The molecule has 1 aromatic heterocycles. The van der Waals surface area contributed by atoms with Crippen molar-refractivity contribution in [3.63, 3.8) is 0 Å². The molecular formula is C10H19IN2. The van der Waals surface area contributed by atoms with Gasteiger partial charge < -0.3 is 24.0 Å². The van der Waals surface area contributed by atoms with Crippen LogP contribution in [0.1, 0.15) is 32.5 Å². The number of aryl methyl sites for hydroxylation is 2. The van der Waals surface area contributed by atoms with Crippen LogP contribution in [0, 0.1) is 0 Å². The summed E-state index contributed by atoms with van der Waals surface area (Å²) in [4.78, 5) is 0. The molecule has 0 aliphatic carbocycles. The van der Waals surface area contributed by atoms with E-state index in [1.54, 1.807) is 0 Å². The maximum atomic E-state index is 2.35. The van der Waals surface area contributed by atoms with Crippen LogP contribution in [-0.4, -0.2) is 4.57 Å². The SMILES string of the molecule is CCCc1n(CCC)cc[n+]1C.[I-]. The molecule has 0 amide bonds. The van der Waals surface area contributed by atoms with Crippen molar-refractivity contribution in [1.29, 1.82) is 0 Å². The third-order valence-electron chi connectivity index (χ3n) is 2.15. The van der Waals surface area contributed by atoms with Crippen LogP contribution in [0.15, 0.2) is 12.4 Å². The Morgan fingerprint density at radius 1 is 1.31 bits per heavy atom. The van der Waals surface area contributed by atoms with Crippen molar-refractivity contribution >= 4 is 0 Å². The lowest BCUT2D eigenvalue weighted by Crippen LogP contribution is -3.00. The number of imidazole rings is 1. The van der Waals surface area contributed by atoms with Gasteiger partial charge in [-0.05, 0) is 12.8 Å². The molecule has 0 fully saturated rings. The Morgan fingerprint density at radius 3 is 2.54 bits per heavy atom. The fraction of sp³-hybridized carbons (Fsp3) is 0.700. The Labute approximate surface area is 98.0 Å². The van der Waals surface area contributed by atoms with Crippen molar-refractivity contribution in [2.24, 2.45) is 7.05 Å². The third-order valence-corrected chi connectivity index (χ3v) is 2.15. The standard InChI is InChI=1S/C10H19N2.HI/c1-4-6-10-11(3)8-9-12(10)7-5-2;/h8-9H,4-7H2,1-3H3;1H/q+1;/p-1. The van der Waals surface area contributed by atoms with Gasteiger partial charge in [0.15, 0.2) is 0 Å². The van der Waals surface area contributed by atoms with Crippen molar-refractivity contribution in [3.05, 3.63) is 18.2 Å². The highest BCUT2D eigenvalue weighted by molar-refractivity contribution is 4.83. The molecule has 0 N–H and O–H groups in total. The van der Waals surface area contributed by atoms with E-state index in [0.717, 1.165) is 6.54 Å². The minimum absolute atomic E-state index is 0. The Morgan fingerprint density at radius 2 is 2.00 bits per heavy atom. The van der Waals surface area contributed by atoms with E-state index in [2.05, 4.69) is 42.4 Å². The van der Waals surface area contributed by atoms with E-state index in [9.17, 15) is 0 Å². The van der Waals surface area contributed by atoms with Crippen LogP contribution in [-0.2, 0) is 20.0 Å². The summed E-state index contributed by atoms with van der Waals surface area (Å²) in [5, 5.41) is 0.